The van der Waals surface area contributed by atoms with Crippen LogP contribution in [0.15, 0.2) is 29.4 Å². The van der Waals surface area contributed by atoms with Gasteiger partial charge in [-0.1, -0.05) is 12.1 Å². The van der Waals surface area contributed by atoms with E-state index < -0.39 is 9.05 Å². The summed E-state index contributed by atoms with van der Waals surface area (Å²) in [6.45, 7) is 2.24. The normalized spacial score (nSPS) is 11.7. The van der Waals surface area contributed by atoms with Gasteiger partial charge in [-0.15, -0.1) is 10.2 Å². The molecule has 5 nitrogen and oxygen atoms in total. The molecule has 0 aliphatic heterocycles. The third-order valence-electron chi connectivity index (χ3n) is 2.35. The van der Waals surface area contributed by atoms with Crippen LogP contribution in [0.1, 0.15) is 6.92 Å². The third kappa shape index (κ3) is 2.67. The average Bonchev–Trinajstić information content (AvgIpc) is 2.73. The number of hydrogen-bond acceptors (Lipinski definition) is 4. The van der Waals surface area contributed by atoms with Crippen molar-refractivity contribution in [1.82, 2.24) is 14.8 Å². The van der Waals surface area contributed by atoms with Crippen LogP contribution >= 0.6 is 33.3 Å². The summed E-state index contributed by atoms with van der Waals surface area (Å²) in [6.07, 6.45) is 0. The molecule has 0 spiro atoms. The fourth-order valence-corrected chi connectivity index (χ4v) is 2.89. The molecule has 0 amide bonds. The summed E-state index contributed by atoms with van der Waals surface area (Å²) in [5.74, 6) is 0.494. The first-order valence-electron chi connectivity index (χ1n) is 5.07. The Morgan fingerprint density at radius 1 is 1.28 bits per heavy atom. The van der Waals surface area contributed by atoms with Crippen molar-refractivity contribution in [2.45, 2.75) is 18.6 Å². The Hall–Kier alpha value is -0.670. The summed E-state index contributed by atoms with van der Waals surface area (Å²) in [4.78, 5) is 0. The van der Waals surface area contributed by atoms with Crippen LogP contribution in [0, 0.1) is 3.57 Å². The van der Waals surface area contributed by atoms with E-state index in [1.54, 1.807) is 0 Å². The van der Waals surface area contributed by atoms with E-state index in [0.29, 0.717) is 12.4 Å². The van der Waals surface area contributed by atoms with Crippen molar-refractivity contribution in [2.75, 3.05) is 0 Å². The Bertz CT molecular complexity index is 667. The second kappa shape index (κ2) is 5.14. The highest BCUT2D eigenvalue weighted by Gasteiger charge is 2.22. The Labute approximate surface area is 123 Å². The molecule has 0 saturated heterocycles. The molecule has 8 heteroatoms. The first-order valence-corrected chi connectivity index (χ1v) is 8.46. The van der Waals surface area contributed by atoms with E-state index in [-0.39, 0.29) is 5.16 Å². The van der Waals surface area contributed by atoms with E-state index in [2.05, 4.69) is 32.8 Å². The van der Waals surface area contributed by atoms with Crippen molar-refractivity contribution in [3.05, 3.63) is 27.8 Å². The second-order valence-electron chi connectivity index (χ2n) is 3.50. The molecule has 18 heavy (non-hydrogen) atoms. The lowest BCUT2D eigenvalue weighted by Crippen LogP contribution is -2.06. The van der Waals surface area contributed by atoms with E-state index in [4.69, 9.17) is 10.7 Å². The second-order valence-corrected chi connectivity index (χ2v) is 7.20. The zero-order chi connectivity index (χ0) is 13.3. The highest BCUT2D eigenvalue weighted by atomic mass is 127. The summed E-state index contributed by atoms with van der Waals surface area (Å²) in [7, 11) is 1.44. The quantitative estimate of drug-likeness (QED) is 0.590. The number of aromatic nitrogens is 3. The minimum atomic E-state index is -3.88. The van der Waals surface area contributed by atoms with Gasteiger partial charge in [-0.2, -0.15) is 0 Å². The van der Waals surface area contributed by atoms with E-state index in [0.717, 1.165) is 9.13 Å². The molecule has 0 saturated carbocycles. The van der Waals surface area contributed by atoms with Gasteiger partial charge in [-0.3, -0.25) is 4.57 Å². The lowest BCUT2D eigenvalue weighted by molar-refractivity contribution is 0.583. The maximum absolute atomic E-state index is 11.4. The van der Waals surface area contributed by atoms with Crippen LogP contribution in [0.4, 0.5) is 0 Å². The average molecular weight is 398 g/mol. The Morgan fingerprint density at radius 3 is 2.39 bits per heavy atom. The van der Waals surface area contributed by atoms with Gasteiger partial charge in [0.1, 0.15) is 0 Å². The van der Waals surface area contributed by atoms with Crippen LogP contribution in [0.2, 0.25) is 0 Å². The SMILES string of the molecule is CCn1c(-c2ccc(I)cc2)nnc1S(=O)(=O)Cl. The molecule has 0 atom stereocenters. The van der Waals surface area contributed by atoms with Gasteiger partial charge in [0, 0.05) is 26.4 Å². The Kier molecular flexibility index (Phi) is 3.93. The molecule has 1 aromatic heterocycles. The van der Waals surface area contributed by atoms with Gasteiger partial charge in [0.2, 0.25) is 0 Å². The Balaban J connectivity index is 2.59. The minimum Gasteiger partial charge on any atom is -0.297 e. The Morgan fingerprint density at radius 2 is 1.89 bits per heavy atom. The highest BCUT2D eigenvalue weighted by Crippen LogP contribution is 2.22. The molecule has 0 aliphatic carbocycles. The molecular weight excluding hydrogens is 389 g/mol. The third-order valence-corrected chi connectivity index (χ3v) is 4.22. The molecule has 0 aliphatic rings. The smallest absolute Gasteiger partial charge is 0.296 e. The molecule has 0 N–H and O–H groups in total. The summed E-state index contributed by atoms with van der Waals surface area (Å²) in [5, 5.41) is 7.33. The molecule has 1 aromatic carbocycles. The van der Waals surface area contributed by atoms with Gasteiger partial charge < -0.3 is 0 Å². The molecular formula is C10H9ClIN3O2S. The summed E-state index contributed by atoms with van der Waals surface area (Å²) in [5.41, 5.74) is 0.802. The standard InChI is InChI=1S/C10H9ClIN3O2S/c1-2-15-9(7-3-5-8(12)6-4-7)13-14-10(15)18(11,16)17/h3-6H,2H2,1H3. The topological polar surface area (TPSA) is 64.8 Å². The van der Waals surface area contributed by atoms with Gasteiger partial charge in [0.25, 0.3) is 14.2 Å². The van der Waals surface area contributed by atoms with Crippen molar-refractivity contribution in [3.8, 4) is 11.4 Å². The van der Waals surface area contributed by atoms with Crippen LogP contribution in [0.25, 0.3) is 11.4 Å². The van der Waals surface area contributed by atoms with Crippen molar-refractivity contribution < 1.29 is 8.42 Å². The van der Waals surface area contributed by atoms with Crippen LogP contribution < -0.4 is 0 Å². The maximum atomic E-state index is 11.4. The zero-order valence-corrected chi connectivity index (χ0v) is 13.1. The minimum absolute atomic E-state index is 0.222. The van der Waals surface area contributed by atoms with Crippen LogP contribution in [-0.4, -0.2) is 23.2 Å². The molecule has 1 heterocycles. The summed E-state index contributed by atoms with van der Waals surface area (Å²) >= 11 is 2.19. The van der Waals surface area contributed by atoms with Gasteiger partial charge in [0.15, 0.2) is 5.82 Å². The number of benzene rings is 1. The van der Waals surface area contributed by atoms with Crippen molar-refractivity contribution in [2.24, 2.45) is 0 Å². The van der Waals surface area contributed by atoms with Crippen molar-refractivity contribution in [1.29, 1.82) is 0 Å². The van der Waals surface area contributed by atoms with Gasteiger partial charge in [-0.05, 0) is 41.6 Å². The number of nitrogens with zero attached hydrogens (tertiary/aromatic N) is 3. The molecule has 0 fully saturated rings. The summed E-state index contributed by atoms with van der Waals surface area (Å²) in [6, 6.07) is 7.56. The van der Waals surface area contributed by atoms with Gasteiger partial charge in [-0.25, -0.2) is 8.42 Å². The van der Waals surface area contributed by atoms with E-state index >= 15 is 0 Å². The van der Waals surface area contributed by atoms with Crippen LogP contribution in [0.3, 0.4) is 0 Å². The van der Waals surface area contributed by atoms with E-state index in [1.807, 2.05) is 31.2 Å². The van der Waals surface area contributed by atoms with E-state index in [9.17, 15) is 8.42 Å². The van der Waals surface area contributed by atoms with Crippen molar-refractivity contribution >= 4 is 42.3 Å². The molecule has 0 radical (unpaired) electrons. The van der Waals surface area contributed by atoms with Crippen LogP contribution in [-0.2, 0) is 15.6 Å². The molecule has 2 rings (SSSR count). The van der Waals surface area contributed by atoms with Gasteiger partial charge >= 0.3 is 0 Å². The summed E-state index contributed by atoms with van der Waals surface area (Å²) < 4.78 is 25.3. The first kappa shape index (κ1) is 13.8. The highest BCUT2D eigenvalue weighted by molar-refractivity contribution is 14.1. The predicted molar refractivity (Wildman–Crippen MR) is 76.9 cm³/mol. The lowest BCUT2D eigenvalue weighted by Gasteiger charge is -2.05. The zero-order valence-electron chi connectivity index (χ0n) is 9.34. The monoisotopic (exact) mass is 397 g/mol. The number of rotatable bonds is 3. The van der Waals surface area contributed by atoms with Gasteiger partial charge in [0.05, 0.1) is 0 Å². The largest absolute Gasteiger partial charge is 0.297 e. The van der Waals surface area contributed by atoms with Crippen molar-refractivity contribution in [3.63, 3.8) is 0 Å². The predicted octanol–water partition coefficient (Wildman–Crippen LogP) is 2.50. The number of halogens is 2. The molecule has 0 unspecified atom stereocenters. The van der Waals surface area contributed by atoms with E-state index in [1.165, 1.54) is 4.57 Å². The molecule has 2 aromatic rings. The van der Waals surface area contributed by atoms with Crippen LogP contribution in [0.5, 0.6) is 0 Å². The number of hydrogen-bond donors (Lipinski definition) is 0. The molecule has 96 valence electrons. The fourth-order valence-electron chi connectivity index (χ4n) is 1.57. The molecule has 0 bridgehead atoms. The lowest BCUT2D eigenvalue weighted by atomic mass is 10.2. The fraction of sp³-hybridized carbons (Fsp3) is 0.200. The maximum Gasteiger partial charge on any atom is 0.296 e. The first-order chi connectivity index (χ1) is 8.43.